The first-order valence-electron chi connectivity index (χ1n) is 8.06. The lowest BCUT2D eigenvalue weighted by atomic mass is 9.98. The molecule has 0 aliphatic carbocycles. The van der Waals surface area contributed by atoms with E-state index in [1.165, 1.54) is 49.5 Å². The normalized spacial score (nSPS) is 21.3. The van der Waals surface area contributed by atoms with Gasteiger partial charge in [0.1, 0.15) is 5.01 Å². The zero-order valence-corrected chi connectivity index (χ0v) is 14.0. The standard InChI is InChI=1S/C16H29N3S/c1-4-14-6-5-8-19(9-7-14)11-15-12-20-16(18-15)10-17-13(2)3/h12-14,17H,4-11H2,1-3H3. The monoisotopic (exact) mass is 295 g/mol. The van der Waals surface area contributed by atoms with Gasteiger partial charge in [-0.3, -0.25) is 4.90 Å². The van der Waals surface area contributed by atoms with E-state index in [2.05, 4.69) is 36.4 Å². The maximum absolute atomic E-state index is 4.76. The molecule has 1 saturated heterocycles. The molecule has 0 amide bonds. The van der Waals surface area contributed by atoms with Crippen molar-refractivity contribution in [3.8, 4) is 0 Å². The van der Waals surface area contributed by atoms with Gasteiger partial charge >= 0.3 is 0 Å². The highest BCUT2D eigenvalue weighted by Gasteiger charge is 2.16. The molecule has 1 aromatic heterocycles. The summed E-state index contributed by atoms with van der Waals surface area (Å²) >= 11 is 1.79. The molecular formula is C16H29N3S. The largest absolute Gasteiger partial charge is 0.308 e. The number of hydrogen-bond donors (Lipinski definition) is 1. The van der Waals surface area contributed by atoms with Crippen molar-refractivity contribution in [3.05, 3.63) is 16.1 Å². The number of nitrogens with one attached hydrogen (secondary N) is 1. The molecule has 1 aliphatic heterocycles. The fraction of sp³-hybridized carbons (Fsp3) is 0.812. The Hall–Kier alpha value is -0.450. The van der Waals surface area contributed by atoms with Gasteiger partial charge in [-0.15, -0.1) is 11.3 Å². The van der Waals surface area contributed by atoms with E-state index in [1.807, 2.05) is 0 Å². The fourth-order valence-electron chi connectivity index (χ4n) is 2.81. The lowest BCUT2D eigenvalue weighted by Gasteiger charge is -2.18. The summed E-state index contributed by atoms with van der Waals surface area (Å²) in [6, 6.07) is 0.527. The number of aromatic nitrogens is 1. The Morgan fingerprint density at radius 1 is 1.40 bits per heavy atom. The highest BCUT2D eigenvalue weighted by atomic mass is 32.1. The molecule has 0 bridgehead atoms. The molecule has 0 aromatic carbocycles. The van der Waals surface area contributed by atoms with E-state index < -0.39 is 0 Å². The van der Waals surface area contributed by atoms with Gasteiger partial charge in [-0.1, -0.05) is 27.2 Å². The third-order valence-corrected chi connectivity index (χ3v) is 5.06. The maximum Gasteiger partial charge on any atom is 0.107 e. The summed E-state index contributed by atoms with van der Waals surface area (Å²) < 4.78 is 0. The van der Waals surface area contributed by atoms with Crippen LogP contribution in [0.2, 0.25) is 0 Å². The Bertz CT molecular complexity index is 389. The van der Waals surface area contributed by atoms with Crippen molar-refractivity contribution in [3.63, 3.8) is 0 Å². The van der Waals surface area contributed by atoms with Crippen LogP contribution in [0.25, 0.3) is 0 Å². The van der Waals surface area contributed by atoms with Gasteiger partial charge in [0.2, 0.25) is 0 Å². The summed E-state index contributed by atoms with van der Waals surface area (Å²) in [6.45, 7) is 11.1. The van der Waals surface area contributed by atoms with E-state index in [0.717, 1.165) is 19.0 Å². The summed E-state index contributed by atoms with van der Waals surface area (Å²) in [7, 11) is 0. The highest BCUT2D eigenvalue weighted by molar-refractivity contribution is 7.09. The van der Waals surface area contributed by atoms with E-state index in [4.69, 9.17) is 4.98 Å². The minimum absolute atomic E-state index is 0.527. The van der Waals surface area contributed by atoms with Crippen LogP contribution in [0.15, 0.2) is 5.38 Å². The van der Waals surface area contributed by atoms with Crippen LogP contribution in [0, 0.1) is 5.92 Å². The zero-order valence-electron chi connectivity index (χ0n) is 13.2. The molecule has 1 fully saturated rings. The average Bonchev–Trinajstić information content (AvgIpc) is 2.74. The summed E-state index contributed by atoms with van der Waals surface area (Å²) in [6.07, 6.45) is 5.47. The molecule has 2 heterocycles. The molecule has 0 saturated carbocycles. The predicted octanol–water partition coefficient (Wildman–Crippen LogP) is 3.65. The molecule has 114 valence electrons. The Kier molecular flexibility index (Phi) is 6.46. The smallest absolute Gasteiger partial charge is 0.107 e. The molecule has 1 atom stereocenters. The van der Waals surface area contributed by atoms with Crippen LogP contribution in [0.5, 0.6) is 0 Å². The summed E-state index contributed by atoms with van der Waals surface area (Å²) in [4.78, 5) is 7.35. The zero-order chi connectivity index (χ0) is 14.4. The third kappa shape index (κ3) is 5.15. The topological polar surface area (TPSA) is 28.2 Å². The first kappa shape index (κ1) is 15.9. The van der Waals surface area contributed by atoms with Crippen molar-refractivity contribution in [2.24, 2.45) is 5.92 Å². The summed E-state index contributed by atoms with van der Waals surface area (Å²) in [5.74, 6) is 0.946. The quantitative estimate of drug-likeness (QED) is 0.868. The molecule has 0 radical (unpaired) electrons. The van der Waals surface area contributed by atoms with E-state index in [9.17, 15) is 0 Å². The molecule has 0 spiro atoms. The molecule has 4 heteroatoms. The van der Waals surface area contributed by atoms with Crippen molar-refractivity contribution >= 4 is 11.3 Å². The van der Waals surface area contributed by atoms with Crippen LogP contribution in [-0.4, -0.2) is 29.0 Å². The molecule has 1 aromatic rings. The Morgan fingerprint density at radius 3 is 3.00 bits per heavy atom. The predicted molar refractivity (Wildman–Crippen MR) is 87.0 cm³/mol. The first-order chi connectivity index (χ1) is 9.67. The van der Waals surface area contributed by atoms with E-state index in [0.29, 0.717) is 6.04 Å². The van der Waals surface area contributed by atoms with Crippen LogP contribution in [-0.2, 0) is 13.1 Å². The van der Waals surface area contributed by atoms with Gasteiger partial charge in [0, 0.05) is 24.5 Å². The summed E-state index contributed by atoms with van der Waals surface area (Å²) in [5.41, 5.74) is 1.26. The molecule has 1 N–H and O–H groups in total. The lowest BCUT2D eigenvalue weighted by Crippen LogP contribution is -2.24. The Morgan fingerprint density at radius 2 is 2.25 bits per heavy atom. The van der Waals surface area contributed by atoms with Gasteiger partial charge in [0.15, 0.2) is 0 Å². The molecule has 1 aliphatic rings. The second kappa shape index (κ2) is 8.11. The van der Waals surface area contributed by atoms with Crippen molar-refractivity contribution in [2.75, 3.05) is 13.1 Å². The minimum Gasteiger partial charge on any atom is -0.308 e. The number of nitrogens with zero attached hydrogens (tertiary/aromatic N) is 2. The van der Waals surface area contributed by atoms with Gasteiger partial charge in [0.25, 0.3) is 0 Å². The first-order valence-corrected chi connectivity index (χ1v) is 8.94. The highest BCUT2D eigenvalue weighted by Crippen LogP contribution is 2.21. The van der Waals surface area contributed by atoms with Crippen LogP contribution in [0.4, 0.5) is 0 Å². The number of rotatable bonds is 6. The van der Waals surface area contributed by atoms with E-state index in [1.54, 1.807) is 11.3 Å². The molecular weight excluding hydrogens is 266 g/mol. The van der Waals surface area contributed by atoms with Crippen molar-refractivity contribution in [1.29, 1.82) is 0 Å². The van der Waals surface area contributed by atoms with Gasteiger partial charge < -0.3 is 5.32 Å². The number of likely N-dealkylation sites (tertiary alicyclic amines) is 1. The second-order valence-electron chi connectivity index (χ2n) is 6.25. The summed E-state index contributed by atoms with van der Waals surface area (Å²) in [5, 5.41) is 6.89. The maximum atomic E-state index is 4.76. The lowest BCUT2D eigenvalue weighted by molar-refractivity contribution is 0.269. The van der Waals surface area contributed by atoms with Crippen LogP contribution in [0.1, 0.15) is 57.2 Å². The van der Waals surface area contributed by atoms with Gasteiger partial charge in [-0.05, 0) is 38.3 Å². The molecule has 1 unspecified atom stereocenters. The van der Waals surface area contributed by atoms with Crippen molar-refractivity contribution in [2.45, 2.75) is 65.6 Å². The van der Waals surface area contributed by atoms with Gasteiger partial charge in [-0.25, -0.2) is 4.98 Å². The van der Waals surface area contributed by atoms with Crippen LogP contribution >= 0.6 is 11.3 Å². The van der Waals surface area contributed by atoms with Crippen molar-refractivity contribution in [1.82, 2.24) is 15.2 Å². The van der Waals surface area contributed by atoms with Gasteiger partial charge in [0.05, 0.1) is 5.69 Å². The minimum atomic E-state index is 0.527. The Labute approximate surface area is 127 Å². The number of hydrogen-bond acceptors (Lipinski definition) is 4. The Balaban J connectivity index is 1.80. The molecule has 20 heavy (non-hydrogen) atoms. The molecule has 3 nitrogen and oxygen atoms in total. The second-order valence-corrected chi connectivity index (χ2v) is 7.19. The van der Waals surface area contributed by atoms with Crippen LogP contribution < -0.4 is 5.32 Å². The number of thiazole rings is 1. The van der Waals surface area contributed by atoms with E-state index >= 15 is 0 Å². The SMILES string of the molecule is CCC1CCCN(Cc2csc(CNC(C)C)n2)CC1. The van der Waals surface area contributed by atoms with Crippen molar-refractivity contribution < 1.29 is 0 Å². The van der Waals surface area contributed by atoms with Gasteiger partial charge in [-0.2, -0.15) is 0 Å². The average molecular weight is 295 g/mol. The third-order valence-electron chi connectivity index (χ3n) is 4.16. The molecule has 2 rings (SSSR count). The van der Waals surface area contributed by atoms with Crippen LogP contribution in [0.3, 0.4) is 0 Å². The van der Waals surface area contributed by atoms with E-state index in [-0.39, 0.29) is 0 Å². The fourth-order valence-corrected chi connectivity index (χ4v) is 3.55.